The molecule has 0 aromatic heterocycles. The smallest absolute Gasteiger partial charge is 0.132 e. The van der Waals surface area contributed by atoms with E-state index in [0.717, 1.165) is 45.3 Å². The summed E-state index contributed by atoms with van der Waals surface area (Å²) >= 11 is 0. The molecule has 15 rings (SSSR count). The topological polar surface area (TPSA) is 12.5 Å². The zero-order valence-corrected chi connectivity index (χ0v) is 38.2. The Morgan fingerprint density at radius 2 is 0.643 bits per heavy atom. The number of ether oxygens (including phenoxy) is 1. The minimum atomic E-state index is -0.530. The van der Waals surface area contributed by atoms with Crippen LogP contribution in [0.2, 0.25) is 0 Å². The van der Waals surface area contributed by atoms with E-state index in [1.54, 1.807) is 0 Å². The first-order valence-electron chi connectivity index (χ1n) is 24.3. The predicted molar refractivity (Wildman–Crippen MR) is 286 cm³/mol. The van der Waals surface area contributed by atoms with Crippen LogP contribution in [0, 0.1) is 0 Å². The van der Waals surface area contributed by atoms with Crippen molar-refractivity contribution >= 4 is 17.1 Å². The molecule has 2 nitrogen and oxygen atoms in total. The van der Waals surface area contributed by atoms with Crippen molar-refractivity contribution in [2.75, 3.05) is 4.90 Å². The molecule has 70 heavy (non-hydrogen) atoms. The Kier molecular flexibility index (Phi) is 8.24. The summed E-state index contributed by atoms with van der Waals surface area (Å²) in [4.78, 5) is 2.47. The lowest BCUT2D eigenvalue weighted by molar-refractivity contribution is 0.436. The molecular formula is C68H43NO. The monoisotopic (exact) mass is 889 g/mol. The maximum absolute atomic E-state index is 6.80. The van der Waals surface area contributed by atoms with Gasteiger partial charge in [-0.1, -0.05) is 212 Å². The lowest BCUT2D eigenvalue weighted by Crippen LogP contribution is -2.32. The Morgan fingerprint density at radius 1 is 0.257 bits per heavy atom. The van der Waals surface area contributed by atoms with Crippen molar-refractivity contribution in [1.29, 1.82) is 0 Å². The third-order valence-corrected chi connectivity index (χ3v) is 15.8. The second-order valence-electron chi connectivity index (χ2n) is 19.0. The first kappa shape index (κ1) is 39.1. The van der Waals surface area contributed by atoms with Crippen LogP contribution in [-0.2, 0) is 10.8 Å². The van der Waals surface area contributed by atoms with Gasteiger partial charge in [0.05, 0.1) is 16.5 Å². The van der Waals surface area contributed by atoms with Crippen molar-refractivity contribution in [2.45, 2.75) is 10.8 Å². The summed E-state index contributed by atoms with van der Waals surface area (Å²) in [6.45, 7) is 0. The molecule has 0 unspecified atom stereocenters. The number of hydrogen-bond acceptors (Lipinski definition) is 2. The SMILES string of the molecule is c1ccc(-c2ccc(N(c3ccc(-c4ccc5c(c4)C4(c6ccccc6O5)c5ccccc5-c5ccccc54)cc3)c3cccc4c3-c3ccccc3C43c4ccccc4-c4ccccc43)cc2)cc1. The van der Waals surface area contributed by atoms with Gasteiger partial charge in [-0.15, -0.1) is 0 Å². The number of anilines is 3. The lowest BCUT2D eigenvalue weighted by atomic mass is 9.66. The number of fused-ring (bicyclic) bond motifs is 19. The molecule has 11 aromatic carbocycles. The van der Waals surface area contributed by atoms with Crippen molar-refractivity contribution in [3.63, 3.8) is 0 Å². The Bertz CT molecular complexity index is 3830. The molecule has 0 radical (unpaired) electrons. The van der Waals surface area contributed by atoms with E-state index in [2.05, 4.69) is 266 Å². The zero-order valence-electron chi connectivity index (χ0n) is 38.2. The molecule has 3 aliphatic carbocycles. The van der Waals surface area contributed by atoms with Crippen molar-refractivity contribution < 1.29 is 4.74 Å². The molecule has 0 N–H and O–H groups in total. The Labute approximate surface area is 408 Å². The summed E-state index contributed by atoms with van der Waals surface area (Å²) in [5.41, 5.74) is 24.9. The van der Waals surface area contributed by atoms with Crippen LogP contribution in [0.1, 0.15) is 44.5 Å². The zero-order chi connectivity index (χ0) is 46.0. The van der Waals surface area contributed by atoms with E-state index in [1.807, 2.05) is 0 Å². The molecule has 1 aliphatic heterocycles. The second-order valence-corrected chi connectivity index (χ2v) is 19.0. The van der Waals surface area contributed by atoms with Gasteiger partial charge in [-0.25, -0.2) is 0 Å². The van der Waals surface area contributed by atoms with Gasteiger partial charge in [0.25, 0.3) is 0 Å². The van der Waals surface area contributed by atoms with Gasteiger partial charge in [-0.05, 0) is 132 Å². The average Bonchev–Trinajstić information content (AvgIpc) is 4.03. The van der Waals surface area contributed by atoms with Gasteiger partial charge in [0.2, 0.25) is 0 Å². The van der Waals surface area contributed by atoms with Gasteiger partial charge in [-0.2, -0.15) is 0 Å². The van der Waals surface area contributed by atoms with Crippen LogP contribution in [0.25, 0.3) is 55.6 Å². The Hall–Kier alpha value is -8.98. The molecule has 0 amide bonds. The average molecular weight is 890 g/mol. The Morgan fingerprint density at radius 3 is 1.20 bits per heavy atom. The summed E-state index contributed by atoms with van der Waals surface area (Å²) in [7, 11) is 0. The molecule has 0 fully saturated rings. The van der Waals surface area contributed by atoms with E-state index < -0.39 is 10.8 Å². The maximum atomic E-state index is 6.80. The molecule has 2 heteroatoms. The van der Waals surface area contributed by atoms with Gasteiger partial charge in [0.1, 0.15) is 11.5 Å². The molecule has 4 aliphatic rings. The van der Waals surface area contributed by atoms with Gasteiger partial charge < -0.3 is 9.64 Å². The van der Waals surface area contributed by atoms with Gasteiger partial charge in [0, 0.05) is 28.1 Å². The summed E-state index contributed by atoms with van der Waals surface area (Å²) < 4.78 is 6.80. The molecule has 1 heterocycles. The normalized spacial score (nSPS) is 14.1. The van der Waals surface area contributed by atoms with Gasteiger partial charge in [0.15, 0.2) is 0 Å². The molecule has 2 spiro atoms. The van der Waals surface area contributed by atoms with E-state index in [0.29, 0.717) is 0 Å². The van der Waals surface area contributed by atoms with Crippen molar-refractivity contribution in [3.8, 4) is 67.1 Å². The summed E-state index contributed by atoms with van der Waals surface area (Å²) in [5, 5.41) is 0. The van der Waals surface area contributed by atoms with Crippen molar-refractivity contribution in [2.24, 2.45) is 0 Å². The molecule has 326 valence electrons. The quantitative estimate of drug-likeness (QED) is 0.171. The minimum Gasteiger partial charge on any atom is -0.457 e. The summed E-state index contributed by atoms with van der Waals surface area (Å²) in [6, 6.07) is 96.3. The highest BCUT2D eigenvalue weighted by Crippen LogP contribution is 2.65. The molecule has 0 saturated carbocycles. The second kappa shape index (κ2) is 14.8. The van der Waals surface area contributed by atoms with Crippen LogP contribution in [-0.4, -0.2) is 0 Å². The van der Waals surface area contributed by atoms with E-state index in [-0.39, 0.29) is 0 Å². The fourth-order valence-electron chi connectivity index (χ4n) is 13.0. The number of hydrogen-bond donors (Lipinski definition) is 0. The molecule has 0 saturated heterocycles. The fraction of sp³-hybridized carbons (Fsp3) is 0.0294. The first-order valence-corrected chi connectivity index (χ1v) is 24.3. The van der Waals surface area contributed by atoms with Crippen LogP contribution in [0.4, 0.5) is 17.1 Å². The largest absolute Gasteiger partial charge is 0.457 e. The highest BCUT2D eigenvalue weighted by atomic mass is 16.5. The summed E-state index contributed by atoms with van der Waals surface area (Å²) in [5.74, 6) is 1.79. The molecule has 11 aromatic rings. The first-order chi connectivity index (χ1) is 34.7. The third-order valence-electron chi connectivity index (χ3n) is 15.8. The van der Waals surface area contributed by atoms with Crippen LogP contribution in [0.3, 0.4) is 0 Å². The number of benzene rings is 11. The standard InChI is InChI=1S/C68H43NO/c1-2-17-44(18-3-1)45-33-38-48(39-34-45)69(63-31-16-30-61-66(63)54-23-8-13-28-59(54)67(61)55-24-9-4-19-50(55)51-20-5-10-25-56(51)67)49-40-35-46(36-41-49)47-37-42-65-62(43-47)68(60-29-14-15-32-64(60)70-65)57-26-11-6-21-52(57)53-22-7-12-27-58(53)68/h1-43H. The summed E-state index contributed by atoms with van der Waals surface area (Å²) in [6.07, 6.45) is 0. The fourth-order valence-corrected chi connectivity index (χ4v) is 13.0. The molecular weight excluding hydrogens is 847 g/mol. The third kappa shape index (κ3) is 5.17. The van der Waals surface area contributed by atoms with Crippen LogP contribution in [0.5, 0.6) is 11.5 Å². The van der Waals surface area contributed by atoms with E-state index >= 15 is 0 Å². The van der Waals surface area contributed by atoms with Gasteiger partial charge >= 0.3 is 0 Å². The highest BCUT2D eigenvalue weighted by Gasteiger charge is 2.53. The van der Waals surface area contributed by atoms with Crippen LogP contribution in [0.15, 0.2) is 261 Å². The number of nitrogens with zero attached hydrogens (tertiary/aromatic N) is 1. The van der Waals surface area contributed by atoms with Crippen LogP contribution < -0.4 is 9.64 Å². The van der Waals surface area contributed by atoms with Gasteiger partial charge in [-0.3, -0.25) is 0 Å². The maximum Gasteiger partial charge on any atom is 0.132 e. The highest BCUT2D eigenvalue weighted by molar-refractivity contribution is 6.01. The van der Waals surface area contributed by atoms with E-state index in [9.17, 15) is 0 Å². The van der Waals surface area contributed by atoms with Crippen molar-refractivity contribution in [3.05, 3.63) is 305 Å². The number of rotatable bonds is 5. The van der Waals surface area contributed by atoms with Crippen LogP contribution >= 0.6 is 0 Å². The number of para-hydroxylation sites is 1. The van der Waals surface area contributed by atoms with E-state index in [1.165, 1.54) is 83.5 Å². The molecule has 0 atom stereocenters. The lowest BCUT2D eigenvalue weighted by Gasteiger charge is -2.39. The van der Waals surface area contributed by atoms with Crippen molar-refractivity contribution in [1.82, 2.24) is 0 Å². The Balaban J connectivity index is 0.911. The predicted octanol–water partition coefficient (Wildman–Crippen LogP) is 17.3. The minimum absolute atomic E-state index is 0.448. The van der Waals surface area contributed by atoms with E-state index in [4.69, 9.17) is 4.74 Å². The molecule has 0 bridgehead atoms.